The highest BCUT2D eigenvalue weighted by Gasteiger charge is 2.29. The average Bonchev–Trinajstić information content (AvgIpc) is 2.91. The number of anilines is 3. The molecule has 0 saturated carbocycles. The van der Waals surface area contributed by atoms with Gasteiger partial charge < -0.3 is 5.32 Å². The minimum absolute atomic E-state index is 0.00948. The van der Waals surface area contributed by atoms with E-state index in [0.717, 1.165) is 21.0 Å². The largest absolute Gasteiger partial charge is 0.325 e. The summed E-state index contributed by atoms with van der Waals surface area (Å²) in [6.07, 6.45) is 0. The van der Waals surface area contributed by atoms with Gasteiger partial charge in [-0.1, -0.05) is 58.6 Å². The van der Waals surface area contributed by atoms with E-state index >= 15 is 0 Å². The van der Waals surface area contributed by atoms with Crippen LogP contribution in [-0.4, -0.2) is 29.3 Å². The molecule has 214 valence electrons. The van der Waals surface area contributed by atoms with Crippen molar-refractivity contribution < 1.29 is 21.6 Å². The molecule has 0 atom stereocenters. The van der Waals surface area contributed by atoms with Crippen LogP contribution in [0.3, 0.4) is 0 Å². The monoisotopic (exact) mass is 631 g/mol. The number of aryl methyl sites for hydroxylation is 3. The zero-order valence-electron chi connectivity index (χ0n) is 22.4. The molecular weight excluding hydrogens is 605 g/mol. The van der Waals surface area contributed by atoms with E-state index in [-0.39, 0.29) is 31.2 Å². The summed E-state index contributed by atoms with van der Waals surface area (Å²) >= 11 is 12.5. The fourth-order valence-electron chi connectivity index (χ4n) is 3.99. The Morgan fingerprint density at radius 2 is 1.37 bits per heavy atom. The van der Waals surface area contributed by atoms with Crippen molar-refractivity contribution in [2.75, 3.05) is 20.9 Å². The van der Waals surface area contributed by atoms with Gasteiger partial charge in [0.2, 0.25) is 5.91 Å². The van der Waals surface area contributed by atoms with Crippen LogP contribution >= 0.6 is 23.2 Å². The zero-order chi connectivity index (χ0) is 29.9. The van der Waals surface area contributed by atoms with Crippen LogP contribution in [0, 0.1) is 20.8 Å². The van der Waals surface area contributed by atoms with Gasteiger partial charge in [-0.3, -0.25) is 13.8 Å². The third kappa shape index (κ3) is 7.20. The highest BCUT2D eigenvalue weighted by Crippen LogP contribution is 2.33. The summed E-state index contributed by atoms with van der Waals surface area (Å²) in [7, 11) is -8.11. The Morgan fingerprint density at radius 1 is 0.756 bits per heavy atom. The van der Waals surface area contributed by atoms with Crippen LogP contribution in [0.5, 0.6) is 0 Å². The summed E-state index contributed by atoms with van der Waals surface area (Å²) in [6, 6.07) is 21.4. The average molecular weight is 633 g/mol. The lowest BCUT2D eigenvalue weighted by Gasteiger charge is -2.25. The molecular formula is C29H27Cl2N3O5S2. The van der Waals surface area contributed by atoms with Gasteiger partial charge in [0.25, 0.3) is 20.0 Å². The fourth-order valence-corrected chi connectivity index (χ4v) is 6.99. The lowest BCUT2D eigenvalue weighted by Crippen LogP contribution is -2.38. The Balaban J connectivity index is 1.56. The maximum atomic E-state index is 13.6. The number of hydrogen-bond acceptors (Lipinski definition) is 5. The Morgan fingerprint density at radius 3 is 2.00 bits per heavy atom. The quantitative estimate of drug-likeness (QED) is 0.217. The van der Waals surface area contributed by atoms with Gasteiger partial charge in [0.15, 0.2) is 0 Å². The van der Waals surface area contributed by atoms with E-state index in [0.29, 0.717) is 5.69 Å². The van der Waals surface area contributed by atoms with E-state index in [1.807, 2.05) is 32.9 Å². The van der Waals surface area contributed by atoms with Crippen molar-refractivity contribution in [3.05, 3.63) is 112 Å². The molecule has 1 amide bonds. The van der Waals surface area contributed by atoms with Crippen LogP contribution in [-0.2, 0) is 24.8 Å². The van der Waals surface area contributed by atoms with Crippen LogP contribution in [0.25, 0.3) is 0 Å². The second-order valence-electron chi connectivity index (χ2n) is 9.42. The van der Waals surface area contributed by atoms with Gasteiger partial charge in [0.05, 0.1) is 26.2 Å². The highest BCUT2D eigenvalue weighted by molar-refractivity contribution is 7.93. The molecule has 2 N–H and O–H groups in total. The minimum Gasteiger partial charge on any atom is -0.325 e. The van der Waals surface area contributed by atoms with Gasteiger partial charge in [0.1, 0.15) is 6.54 Å². The smallest absolute Gasteiger partial charge is 0.264 e. The van der Waals surface area contributed by atoms with Gasteiger partial charge in [-0.2, -0.15) is 0 Å². The Bertz CT molecular complexity index is 1810. The molecule has 0 spiro atoms. The van der Waals surface area contributed by atoms with Crippen molar-refractivity contribution in [3.8, 4) is 0 Å². The summed E-state index contributed by atoms with van der Waals surface area (Å²) in [5.41, 5.74) is 3.42. The number of hydrogen-bond donors (Lipinski definition) is 2. The van der Waals surface area contributed by atoms with Gasteiger partial charge in [-0.25, -0.2) is 16.8 Å². The zero-order valence-corrected chi connectivity index (χ0v) is 25.5. The number of carbonyl (C=O) groups is 1. The molecule has 0 heterocycles. The van der Waals surface area contributed by atoms with Crippen LogP contribution in [0.4, 0.5) is 17.1 Å². The molecule has 0 radical (unpaired) electrons. The molecule has 0 bridgehead atoms. The van der Waals surface area contributed by atoms with Crippen molar-refractivity contribution in [2.45, 2.75) is 30.6 Å². The van der Waals surface area contributed by atoms with Gasteiger partial charge >= 0.3 is 0 Å². The van der Waals surface area contributed by atoms with Gasteiger partial charge in [0, 0.05) is 10.7 Å². The van der Waals surface area contributed by atoms with Crippen molar-refractivity contribution in [1.29, 1.82) is 0 Å². The summed E-state index contributed by atoms with van der Waals surface area (Å²) in [4.78, 5) is 13.0. The number of nitrogens with zero attached hydrogens (tertiary/aromatic N) is 1. The molecule has 0 aromatic heterocycles. The summed E-state index contributed by atoms with van der Waals surface area (Å²) in [6.45, 7) is 4.93. The van der Waals surface area contributed by atoms with Crippen LogP contribution in [0.2, 0.25) is 10.0 Å². The predicted octanol–water partition coefficient (Wildman–Crippen LogP) is 6.55. The van der Waals surface area contributed by atoms with E-state index in [9.17, 15) is 21.6 Å². The molecule has 4 aromatic carbocycles. The number of halogens is 2. The maximum absolute atomic E-state index is 13.6. The van der Waals surface area contributed by atoms with E-state index in [1.54, 1.807) is 18.2 Å². The third-order valence-electron chi connectivity index (χ3n) is 6.15. The number of benzene rings is 4. The maximum Gasteiger partial charge on any atom is 0.264 e. The van der Waals surface area contributed by atoms with Gasteiger partial charge in [-0.15, -0.1) is 0 Å². The first-order valence-electron chi connectivity index (χ1n) is 12.3. The summed E-state index contributed by atoms with van der Waals surface area (Å²) < 4.78 is 56.5. The standard InChI is InChI=1S/C29H27Cl2N3O5S2/c1-19-4-10-25(11-5-19)41(38,39)34(28-17-22(30)7-14-26(28)31)18-29(35)32-23-8-12-24(13-9-23)40(36,37)33-27-15-6-20(2)16-21(27)3/h4-17,33H,18H2,1-3H3,(H,32,35). The number of amides is 1. The molecule has 0 aliphatic rings. The lowest BCUT2D eigenvalue weighted by atomic mass is 10.1. The molecule has 8 nitrogen and oxygen atoms in total. The lowest BCUT2D eigenvalue weighted by molar-refractivity contribution is -0.114. The normalized spacial score (nSPS) is 11.6. The number of carbonyl (C=O) groups excluding carboxylic acids is 1. The highest BCUT2D eigenvalue weighted by atomic mass is 35.5. The number of sulfonamides is 2. The van der Waals surface area contributed by atoms with E-state index in [1.165, 1.54) is 54.6 Å². The molecule has 4 rings (SSSR count). The third-order valence-corrected chi connectivity index (χ3v) is 9.86. The molecule has 41 heavy (non-hydrogen) atoms. The minimum atomic E-state index is -4.22. The molecule has 0 unspecified atom stereocenters. The molecule has 4 aromatic rings. The molecule has 0 aliphatic heterocycles. The first-order chi connectivity index (χ1) is 19.3. The molecule has 0 saturated heterocycles. The number of nitrogens with one attached hydrogen (secondary N) is 2. The van der Waals surface area contributed by atoms with Crippen LogP contribution in [0.15, 0.2) is 94.7 Å². The Labute approximate surface area is 250 Å². The topological polar surface area (TPSA) is 113 Å². The van der Waals surface area contributed by atoms with Crippen molar-refractivity contribution in [3.63, 3.8) is 0 Å². The predicted molar refractivity (Wildman–Crippen MR) is 164 cm³/mol. The molecule has 0 aliphatic carbocycles. The van der Waals surface area contributed by atoms with Crippen LogP contribution in [0.1, 0.15) is 16.7 Å². The number of rotatable bonds is 9. The van der Waals surface area contributed by atoms with Crippen LogP contribution < -0.4 is 14.3 Å². The molecule has 12 heteroatoms. The van der Waals surface area contributed by atoms with Crippen molar-refractivity contribution >= 4 is 66.2 Å². The van der Waals surface area contributed by atoms with E-state index in [4.69, 9.17) is 23.2 Å². The van der Waals surface area contributed by atoms with Gasteiger partial charge in [-0.05, 0) is 87.0 Å². The van der Waals surface area contributed by atoms with E-state index in [2.05, 4.69) is 10.0 Å². The first kappa shape index (κ1) is 30.4. The van der Waals surface area contributed by atoms with E-state index < -0.39 is 32.5 Å². The second-order valence-corrected chi connectivity index (χ2v) is 13.8. The SMILES string of the molecule is Cc1ccc(S(=O)(=O)N(CC(=O)Nc2ccc(S(=O)(=O)Nc3ccc(C)cc3C)cc2)c2cc(Cl)ccc2Cl)cc1. The first-order valence-corrected chi connectivity index (χ1v) is 16.0. The summed E-state index contributed by atoms with van der Waals surface area (Å²) in [5.74, 6) is -0.680. The summed E-state index contributed by atoms with van der Waals surface area (Å²) in [5, 5.41) is 2.94. The second kappa shape index (κ2) is 12.1. The van der Waals surface area contributed by atoms with Crippen molar-refractivity contribution in [1.82, 2.24) is 0 Å². The van der Waals surface area contributed by atoms with Crippen molar-refractivity contribution in [2.24, 2.45) is 0 Å². The Hall–Kier alpha value is -3.57. The fraction of sp³-hybridized carbons (Fsp3) is 0.138. The Kier molecular flexibility index (Phi) is 8.98. The molecule has 0 fully saturated rings.